The van der Waals surface area contributed by atoms with Gasteiger partial charge in [-0.15, -0.1) is 0 Å². The average molecular weight is 295 g/mol. The van der Waals surface area contributed by atoms with E-state index in [1.54, 1.807) is 0 Å². The maximum absolute atomic E-state index is 12.5. The standard InChI is InChI=1S/C16H23ClN2O/c1-4-14(19(3)5-2)15(20)18-16(10-11-16)12-6-8-13(17)9-7-12/h6-9,14H,4-5,10-11H2,1-3H3,(H,18,20). The maximum atomic E-state index is 12.5. The number of likely N-dealkylation sites (N-methyl/N-ethyl adjacent to an activating group) is 1. The van der Waals surface area contributed by atoms with Gasteiger partial charge in [0.2, 0.25) is 5.91 Å². The van der Waals surface area contributed by atoms with Crippen molar-refractivity contribution in [1.29, 1.82) is 0 Å². The molecule has 0 heterocycles. The zero-order valence-corrected chi connectivity index (χ0v) is 13.2. The Kier molecular flexibility index (Phi) is 4.71. The van der Waals surface area contributed by atoms with Crippen LogP contribution in [0.2, 0.25) is 5.02 Å². The van der Waals surface area contributed by atoms with Gasteiger partial charge in [0.15, 0.2) is 0 Å². The molecule has 0 bridgehead atoms. The number of hydrogen-bond acceptors (Lipinski definition) is 2. The zero-order chi connectivity index (χ0) is 14.8. The van der Waals surface area contributed by atoms with E-state index < -0.39 is 0 Å². The Morgan fingerprint density at radius 2 is 1.95 bits per heavy atom. The molecule has 1 aliphatic rings. The van der Waals surface area contributed by atoms with Crippen molar-refractivity contribution in [3.8, 4) is 0 Å². The minimum absolute atomic E-state index is 0.0511. The van der Waals surface area contributed by atoms with Crippen LogP contribution in [0.5, 0.6) is 0 Å². The van der Waals surface area contributed by atoms with Gasteiger partial charge in [-0.05, 0) is 50.6 Å². The minimum atomic E-state index is -0.163. The van der Waals surface area contributed by atoms with E-state index in [9.17, 15) is 4.79 Å². The summed E-state index contributed by atoms with van der Waals surface area (Å²) in [5, 5.41) is 3.98. The molecule has 110 valence electrons. The molecule has 0 aliphatic heterocycles. The van der Waals surface area contributed by atoms with E-state index in [2.05, 4.69) is 24.1 Å². The first kappa shape index (κ1) is 15.3. The van der Waals surface area contributed by atoms with Gasteiger partial charge in [0.05, 0.1) is 11.6 Å². The highest BCUT2D eigenvalue weighted by atomic mass is 35.5. The maximum Gasteiger partial charge on any atom is 0.238 e. The Bertz CT molecular complexity index is 468. The van der Waals surface area contributed by atoms with E-state index in [1.807, 2.05) is 31.3 Å². The van der Waals surface area contributed by atoms with Gasteiger partial charge in [0, 0.05) is 5.02 Å². The summed E-state index contributed by atoms with van der Waals surface area (Å²) in [4.78, 5) is 14.6. The van der Waals surface area contributed by atoms with Crippen LogP contribution in [-0.2, 0) is 10.3 Å². The Morgan fingerprint density at radius 3 is 2.40 bits per heavy atom. The second kappa shape index (κ2) is 6.15. The number of nitrogens with one attached hydrogen (secondary N) is 1. The van der Waals surface area contributed by atoms with E-state index in [4.69, 9.17) is 11.6 Å². The SMILES string of the molecule is CCC(C(=O)NC1(c2ccc(Cl)cc2)CC1)N(C)CC. The van der Waals surface area contributed by atoms with E-state index >= 15 is 0 Å². The number of hydrogen-bond donors (Lipinski definition) is 1. The van der Waals surface area contributed by atoms with Crippen LogP contribution >= 0.6 is 11.6 Å². The van der Waals surface area contributed by atoms with Crippen LogP contribution in [0.25, 0.3) is 0 Å². The number of halogens is 1. The zero-order valence-electron chi connectivity index (χ0n) is 12.4. The van der Waals surface area contributed by atoms with Gasteiger partial charge >= 0.3 is 0 Å². The van der Waals surface area contributed by atoms with Crippen molar-refractivity contribution in [2.45, 2.75) is 44.7 Å². The fraction of sp³-hybridized carbons (Fsp3) is 0.562. The van der Waals surface area contributed by atoms with Gasteiger partial charge in [0.1, 0.15) is 0 Å². The van der Waals surface area contributed by atoms with Crippen LogP contribution in [0.1, 0.15) is 38.7 Å². The van der Waals surface area contributed by atoms with E-state index in [-0.39, 0.29) is 17.5 Å². The Labute approximate surface area is 126 Å². The summed E-state index contributed by atoms with van der Waals surface area (Å²) < 4.78 is 0. The van der Waals surface area contributed by atoms with Crippen molar-refractivity contribution in [3.05, 3.63) is 34.9 Å². The molecule has 1 saturated carbocycles. The highest BCUT2D eigenvalue weighted by Crippen LogP contribution is 2.45. The number of benzene rings is 1. The number of rotatable bonds is 6. The molecule has 1 atom stereocenters. The lowest BCUT2D eigenvalue weighted by Crippen LogP contribution is -2.48. The third-order valence-electron chi connectivity index (χ3n) is 4.23. The van der Waals surface area contributed by atoms with Crippen LogP contribution in [0.15, 0.2) is 24.3 Å². The van der Waals surface area contributed by atoms with Crippen molar-refractivity contribution in [2.24, 2.45) is 0 Å². The quantitative estimate of drug-likeness (QED) is 0.874. The van der Waals surface area contributed by atoms with E-state index in [0.29, 0.717) is 0 Å². The Hall–Kier alpha value is -1.06. The molecule has 1 aromatic rings. The Morgan fingerprint density at radius 1 is 1.35 bits per heavy atom. The molecule has 20 heavy (non-hydrogen) atoms. The van der Waals surface area contributed by atoms with Crippen molar-refractivity contribution >= 4 is 17.5 Å². The molecule has 0 spiro atoms. The number of amides is 1. The first-order valence-electron chi connectivity index (χ1n) is 7.30. The predicted octanol–water partition coefficient (Wildman–Crippen LogP) is 3.18. The second-order valence-electron chi connectivity index (χ2n) is 5.58. The van der Waals surface area contributed by atoms with Crippen molar-refractivity contribution in [2.75, 3.05) is 13.6 Å². The lowest BCUT2D eigenvalue weighted by Gasteiger charge is -2.27. The number of nitrogens with zero attached hydrogens (tertiary/aromatic N) is 1. The van der Waals surface area contributed by atoms with Crippen LogP contribution in [0.4, 0.5) is 0 Å². The van der Waals surface area contributed by atoms with Crippen molar-refractivity contribution in [3.63, 3.8) is 0 Å². The molecule has 0 radical (unpaired) electrons. The smallest absolute Gasteiger partial charge is 0.238 e. The Balaban J connectivity index is 2.08. The predicted molar refractivity (Wildman–Crippen MR) is 82.9 cm³/mol. The highest BCUT2D eigenvalue weighted by Gasteiger charge is 2.46. The molecule has 1 unspecified atom stereocenters. The molecular weight excluding hydrogens is 272 g/mol. The molecule has 2 rings (SSSR count). The molecule has 1 fully saturated rings. The minimum Gasteiger partial charge on any atom is -0.345 e. The van der Waals surface area contributed by atoms with Crippen LogP contribution in [0, 0.1) is 0 Å². The van der Waals surface area contributed by atoms with Crippen LogP contribution in [0.3, 0.4) is 0 Å². The van der Waals surface area contributed by atoms with Gasteiger partial charge in [0.25, 0.3) is 0 Å². The summed E-state index contributed by atoms with van der Waals surface area (Å²) in [5.74, 6) is 0.129. The number of carbonyl (C=O) groups is 1. The second-order valence-corrected chi connectivity index (χ2v) is 6.01. The van der Waals surface area contributed by atoms with E-state index in [0.717, 1.165) is 36.4 Å². The molecule has 1 aliphatic carbocycles. The monoisotopic (exact) mass is 294 g/mol. The fourth-order valence-corrected chi connectivity index (χ4v) is 2.74. The highest BCUT2D eigenvalue weighted by molar-refractivity contribution is 6.30. The summed E-state index contributed by atoms with van der Waals surface area (Å²) >= 11 is 5.93. The largest absolute Gasteiger partial charge is 0.345 e. The molecule has 1 N–H and O–H groups in total. The summed E-state index contributed by atoms with van der Waals surface area (Å²) in [6, 6.07) is 7.75. The lowest BCUT2D eigenvalue weighted by atomic mass is 10.0. The molecule has 1 aromatic carbocycles. The van der Waals surface area contributed by atoms with Crippen LogP contribution < -0.4 is 5.32 Å². The molecule has 3 nitrogen and oxygen atoms in total. The summed E-state index contributed by atoms with van der Waals surface area (Å²) in [6.07, 6.45) is 2.84. The fourth-order valence-electron chi connectivity index (χ4n) is 2.62. The lowest BCUT2D eigenvalue weighted by molar-refractivity contribution is -0.127. The van der Waals surface area contributed by atoms with Gasteiger partial charge in [-0.1, -0.05) is 37.6 Å². The normalized spacial score (nSPS) is 17.9. The molecule has 0 aromatic heterocycles. The first-order valence-corrected chi connectivity index (χ1v) is 7.68. The summed E-state index contributed by atoms with van der Waals surface area (Å²) in [6.45, 7) is 5.00. The third-order valence-corrected chi connectivity index (χ3v) is 4.48. The summed E-state index contributed by atoms with van der Waals surface area (Å²) in [5.41, 5.74) is 0.994. The van der Waals surface area contributed by atoms with E-state index in [1.165, 1.54) is 0 Å². The number of carbonyl (C=O) groups excluding carboxylic acids is 1. The van der Waals surface area contributed by atoms with Crippen LogP contribution in [-0.4, -0.2) is 30.4 Å². The molecule has 0 saturated heterocycles. The van der Waals surface area contributed by atoms with Gasteiger partial charge < -0.3 is 5.32 Å². The third kappa shape index (κ3) is 3.15. The first-order chi connectivity index (χ1) is 9.52. The molecule has 4 heteroatoms. The van der Waals surface area contributed by atoms with Gasteiger partial charge in [-0.2, -0.15) is 0 Å². The van der Waals surface area contributed by atoms with Gasteiger partial charge in [-0.3, -0.25) is 9.69 Å². The van der Waals surface area contributed by atoms with Crippen molar-refractivity contribution in [1.82, 2.24) is 10.2 Å². The topological polar surface area (TPSA) is 32.3 Å². The molecular formula is C16H23ClN2O. The summed E-state index contributed by atoms with van der Waals surface area (Å²) in [7, 11) is 2.00. The molecule has 1 amide bonds. The van der Waals surface area contributed by atoms with Crippen molar-refractivity contribution < 1.29 is 4.79 Å². The average Bonchev–Trinajstić information content (AvgIpc) is 3.20. The van der Waals surface area contributed by atoms with Gasteiger partial charge in [-0.25, -0.2) is 0 Å².